The fourth-order valence-corrected chi connectivity index (χ4v) is 1.81. The molecule has 0 atom stereocenters. The van der Waals surface area contributed by atoms with E-state index in [1.54, 1.807) is 6.20 Å². The van der Waals surface area contributed by atoms with Crippen LogP contribution in [0.2, 0.25) is 0 Å². The largest absolute Gasteiger partial charge is 0.346 e. The summed E-state index contributed by atoms with van der Waals surface area (Å²) < 4.78 is 15.2. The van der Waals surface area contributed by atoms with Crippen molar-refractivity contribution in [2.24, 2.45) is 0 Å². The molecule has 2 heterocycles. The van der Waals surface area contributed by atoms with Crippen molar-refractivity contribution in [3.05, 3.63) is 53.9 Å². The van der Waals surface area contributed by atoms with E-state index in [1.165, 1.54) is 18.0 Å². The Bertz CT molecular complexity index is 505. The molecular formula is C14H18FN3. The van der Waals surface area contributed by atoms with Crippen molar-refractivity contribution < 1.29 is 4.39 Å². The van der Waals surface area contributed by atoms with Crippen LogP contribution < -0.4 is 5.32 Å². The number of hydrogen-bond acceptors (Lipinski definition) is 2. The average Bonchev–Trinajstić information content (AvgIpc) is 2.74. The summed E-state index contributed by atoms with van der Waals surface area (Å²) in [4.78, 5) is 3.86. The van der Waals surface area contributed by atoms with Crippen LogP contribution in [0.3, 0.4) is 0 Å². The Balaban J connectivity index is 2.07. The van der Waals surface area contributed by atoms with Gasteiger partial charge in [-0.15, -0.1) is 0 Å². The molecule has 0 fully saturated rings. The summed E-state index contributed by atoms with van der Waals surface area (Å²) in [5.41, 5.74) is 2.06. The van der Waals surface area contributed by atoms with Gasteiger partial charge in [0, 0.05) is 37.2 Å². The van der Waals surface area contributed by atoms with Crippen LogP contribution in [0.1, 0.15) is 25.1 Å². The van der Waals surface area contributed by atoms with Crippen molar-refractivity contribution in [3.8, 4) is 0 Å². The zero-order valence-electron chi connectivity index (χ0n) is 10.7. The minimum Gasteiger partial charge on any atom is -0.346 e. The lowest BCUT2D eigenvalue weighted by Crippen LogP contribution is -2.23. The van der Waals surface area contributed by atoms with Crippen LogP contribution in [0, 0.1) is 5.82 Å². The molecule has 0 bridgehead atoms. The molecule has 3 nitrogen and oxygen atoms in total. The minimum absolute atomic E-state index is 0.290. The van der Waals surface area contributed by atoms with Crippen molar-refractivity contribution in [1.29, 1.82) is 0 Å². The van der Waals surface area contributed by atoms with Gasteiger partial charge in [-0.05, 0) is 23.8 Å². The molecule has 0 aliphatic carbocycles. The predicted octanol–water partition coefficient (Wildman–Crippen LogP) is 2.57. The van der Waals surface area contributed by atoms with Gasteiger partial charge in [0.1, 0.15) is 5.82 Å². The number of hydrogen-bond donors (Lipinski definition) is 1. The summed E-state index contributed by atoms with van der Waals surface area (Å²) in [6.07, 6.45) is 4.92. The van der Waals surface area contributed by atoms with Gasteiger partial charge in [-0.25, -0.2) is 4.39 Å². The van der Waals surface area contributed by atoms with Crippen molar-refractivity contribution in [2.75, 3.05) is 0 Å². The van der Waals surface area contributed by atoms with Crippen molar-refractivity contribution in [2.45, 2.75) is 33.0 Å². The third-order valence-corrected chi connectivity index (χ3v) is 2.73. The molecule has 1 N–H and O–H groups in total. The van der Waals surface area contributed by atoms with Crippen LogP contribution in [0.15, 0.2) is 36.8 Å². The second-order valence-electron chi connectivity index (χ2n) is 4.67. The second kappa shape index (κ2) is 5.78. The van der Waals surface area contributed by atoms with Crippen LogP contribution in [0.5, 0.6) is 0 Å². The molecule has 0 radical (unpaired) electrons. The molecule has 2 rings (SSSR count). The normalized spacial score (nSPS) is 11.1. The SMILES string of the molecule is CC(C)NCc1cccn1Cc1cncc(F)c1. The van der Waals surface area contributed by atoms with E-state index in [0.717, 1.165) is 12.1 Å². The van der Waals surface area contributed by atoms with Gasteiger partial charge < -0.3 is 9.88 Å². The van der Waals surface area contributed by atoms with Crippen LogP contribution in [0.25, 0.3) is 0 Å². The summed E-state index contributed by atoms with van der Waals surface area (Å²) >= 11 is 0. The first-order valence-electron chi connectivity index (χ1n) is 6.12. The number of rotatable bonds is 5. The molecule has 2 aromatic rings. The van der Waals surface area contributed by atoms with Gasteiger partial charge in [-0.1, -0.05) is 13.8 Å². The quantitative estimate of drug-likeness (QED) is 0.880. The number of nitrogens with zero attached hydrogens (tertiary/aromatic N) is 2. The molecule has 0 aromatic carbocycles. The van der Waals surface area contributed by atoms with E-state index in [4.69, 9.17) is 0 Å². The van der Waals surface area contributed by atoms with Crippen LogP contribution >= 0.6 is 0 Å². The highest BCUT2D eigenvalue weighted by Crippen LogP contribution is 2.08. The molecule has 0 saturated carbocycles. The molecule has 0 amide bonds. The minimum atomic E-state index is -0.290. The molecule has 0 aliphatic heterocycles. The number of aromatic nitrogens is 2. The maximum Gasteiger partial charge on any atom is 0.141 e. The summed E-state index contributed by atoms with van der Waals surface area (Å²) in [5.74, 6) is -0.290. The highest BCUT2D eigenvalue weighted by atomic mass is 19.1. The van der Waals surface area contributed by atoms with E-state index >= 15 is 0 Å². The first-order chi connectivity index (χ1) is 8.65. The van der Waals surface area contributed by atoms with Gasteiger partial charge in [-0.2, -0.15) is 0 Å². The van der Waals surface area contributed by atoms with Crippen molar-refractivity contribution in [3.63, 3.8) is 0 Å². The Kier molecular flexibility index (Phi) is 4.10. The van der Waals surface area contributed by atoms with E-state index in [2.05, 4.69) is 34.8 Å². The summed E-state index contributed by atoms with van der Waals surface area (Å²) in [6, 6.07) is 6.04. The lowest BCUT2D eigenvalue weighted by Gasteiger charge is -2.12. The van der Waals surface area contributed by atoms with Crippen LogP contribution in [-0.4, -0.2) is 15.6 Å². The predicted molar refractivity (Wildman–Crippen MR) is 69.7 cm³/mol. The Hall–Kier alpha value is -1.68. The van der Waals surface area contributed by atoms with Gasteiger partial charge in [0.05, 0.1) is 6.20 Å². The first-order valence-corrected chi connectivity index (χ1v) is 6.12. The Labute approximate surface area is 107 Å². The number of pyridine rings is 1. The third kappa shape index (κ3) is 3.40. The topological polar surface area (TPSA) is 29.9 Å². The number of nitrogens with one attached hydrogen (secondary N) is 1. The fourth-order valence-electron chi connectivity index (χ4n) is 1.81. The van der Waals surface area contributed by atoms with Crippen molar-refractivity contribution in [1.82, 2.24) is 14.9 Å². The molecule has 4 heteroatoms. The Morgan fingerprint density at radius 3 is 2.94 bits per heavy atom. The average molecular weight is 247 g/mol. The monoisotopic (exact) mass is 247 g/mol. The lowest BCUT2D eigenvalue weighted by molar-refractivity contribution is 0.563. The fraction of sp³-hybridized carbons (Fsp3) is 0.357. The van der Waals surface area contributed by atoms with Gasteiger partial charge in [0.25, 0.3) is 0 Å². The van der Waals surface area contributed by atoms with Crippen LogP contribution in [0.4, 0.5) is 4.39 Å². The zero-order valence-corrected chi connectivity index (χ0v) is 10.7. The molecule has 0 aliphatic rings. The highest BCUT2D eigenvalue weighted by molar-refractivity contribution is 5.15. The molecular weight excluding hydrogens is 229 g/mol. The lowest BCUT2D eigenvalue weighted by atomic mass is 10.2. The summed E-state index contributed by atoms with van der Waals surface area (Å²) in [5, 5.41) is 3.37. The molecule has 0 unspecified atom stereocenters. The summed E-state index contributed by atoms with van der Waals surface area (Å²) in [7, 11) is 0. The molecule has 18 heavy (non-hydrogen) atoms. The van der Waals surface area contributed by atoms with E-state index < -0.39 is 0 Å². The summed E-state index contributed by atoms with van der Waals surface area (Å²) in [6.45, 7) is 5.69. The first kappa shape index (κ1) is 12.8. The van der Waals surface area contributed by atoms with Gasteiger partial charge >= 0.3 is 0 Å². The molecule has 96 valence electrons. The van der Waals surface area contributed by atoms with E-state index in [-0.39, 0.29) is 5.82 Å². The van der Waals surface area contributed by atoms with E-state index in [0.29, 0.717) is 12.6 Å². The van der Waals surface area contributed by atoms with Crippen LogP contribution in [-0.2, 0) is 13.1 Å². The molecule has 2 aromatic heterocycles. The molecule has 0 saturated heterocycles. The van der Waals surface area contributed by atoms with Crippen molar-refractivity contribution >= 4 is 0 Å². The standard InChI is InChI=1S/C14H18FN3/c1-11(2)17-9-14-4-3-5-18(14)10-12-6-13(15)8-16-7-12/h3-8,11,17H,9-10H2,1-2H3. The van der Waals surface area contributed by atoms with Gasteiger partial charge in [-0.3, -0.25) is 4.98 Å². The zero-order chi connectivity index (χ0) is 13.0. The van der Waals surface area contributed by atoms with E-state index in [9.17, 15) is 4.39 Å². The highest BCUT2D eigenvalue weighted by Gasteiger charge is 2.03. The third-order valence-electron chi connectivity index (χ3n) is 2.73. The maximum absolute atomic E-state index is 13.1. The number of halogens is 1. The second-order valence-corrected chi connectivity index (χ2v) is 4.67. The van der Waals surface area contributed by atoms with E-state index in [1.807, 2.05) is 12.3 Å². The Morgan fingerprint density at radius 1 is 1.39 bits per heavy atom. The molecule has 0 spiro atoms. The van der Waals surface area contributed by atoms with Gasteiger partial charge in [0.2, 0.25) is 0 Å². The smallest absolute Gasteiger partial charge is 0.141 e. The van der Waals surface area contributed by atoms with Gasteiger partial charge in [0.15, 0.2) is 0 Å². The Morgan fingerprint density at radius 2 is 2.22 bits per heavy atom. The maximum atomic E-state index is 13.1.